The Hall–Kier alpha value is -0.550. The zero-order valence-electron chi connectivity index (χ0n) is 10.5. The summed E-state index contributed by atoms with van der Waals surface area (Å²) in [6.45, 7) is 5.52. The monoisotopic (exact) mass is 324 g/mol. The van der Waals surface area contributed by atoms with Crippen LogP contribution in [0.5, 0.6) is 0 Å². The molecule has 1 N–H and O–H groups in total. The molecule has 0 amide bonds. The highest BCUT2D eigenvalue weighted by molar-refractivity contribution is 9.10. The lowest BCUT2D eigenvalue weighted by Gasteiger charge is -2.19. The SMILES string of the molecule is Cc1cc(C)c(C(O)CCC(F)(F)F)c(C)c1Br. The zero-order chi connectivity index (χ0) is 14.1. The highest BCUT2D eigenvalue weighted by Crippen LogP contribution is 2.34. The molecule has 1 aromatic carbocycles. The molecule has 1 nitrogen and oxygen atoms in total. The smallest absolute Gasteiger partial charge is 0.388 e. The molecule has 0 fully saturated rings. The summed E-state index contributed by atoms with van der Waals surface area (Å²) < 4.78 is 37.3. The van der Waals surface area contributed by atoms with Crippen molar-refractivity contribution in [1.82, 2.24) is 0 Å². The van der Waals surface area contributed by atoms with Gasteiger partial charge in [0.15, 0.2) is 0 Å². The Bertz CT molecular complexity index is 441. The van der Waals surface area contributed by atoms with E-state index in [0.29, 0.717) is 5.56 Å². The highest BCUT2D eigenvalue weighted by atomic mass is 79.9. The number of rotatable bonds is 3. The van der Waals surface area contributed by atoms with Crippen LogP contribution in [0.15, 0.2) is 10.5 Å². The van der Waals surface area contributed by atoms with Crippen molar-refractivity contribution in [2.75, 3.05) is 0 Å². The van der Waals surface area contributed by atoms with Crippen LogP contribution in [0.3, 0.4) is 0 Å². The van der Waals surface area contributed by atoms with Crippen LogP contribution in [0.2, 0.25) is 0 Å². The molecule has 18 heavy (non-hydrogen) atoms. The van der Waals surface area contributed by atoms with Gasteiger partial charge in [0.05, 0.1) is 6.10 Å². The summed E-state index contributed by atoms with van der Waals surface area (Å²) in [6, 6.07) is 1.86. The van der Waals surface area contributed by atoms with E-state index in [1.54, 1.807) is 13.8 Å². The van der Waals surface area contributed by atoms with Crippen molar-refractivity contribution in [3.05, 3.63) is 32.8 Å². The van der Waals surface area contributed by atoms with E-state index in [-0.39, 0.29) is 6.42 Å². The van der Waals surface area contributed by atoms with Gasteiger partial charge in [0.2, 0.25) is 0 Å². The third-order valence-electron chi connectivity index (χ3n) is 2.97. The molecular weight excluding hydrogens is 309 g/mol. The second-order valence-electron chi connectivity index (χ2n) is 4.53. The third-order valence-corrected chi connectivity index (χ3v) is 4.19. The van der Waals surface area contributed by atoms with E-state index in [1.165, 1.54) is 0 Å². The van der Waals surface area contributed by atoms with Crippen LogP contribution in [0.1, 0.15) is 41.2 Å². The maximum absolute atomic E-state index is 12.2. The van der Waals surface area contributed by atoms with E-state index in [9.17, 15) is 18.3 Å². The molecular formula is C13H16BrF3O. The third kappa shape index (κ3) is 3.72. The Morgan fingerprint density at radius 2 is 1.78 bits per heavy atom. The summed E-state index contributed by atoms with van der Waals surface area (Å²) in [5, 5.41) is 9.94. The molecule has 5 heteroatoms. The van der Waals surface area contributed by atoms with Crippen LogP contribution in [-0.2, 0) is 0 Å². The Kier molecular flexibility index (Phi) is 4.84. The normalized spacial score (nSPS) is 13.8. The molecule has 1 aromatic rings. The van der Waals surface area contributed by atoms with Crippen molar-refractivity contribution >= 4 is 15.9 Å². The lowest BCUT2D eigenvalue weighted by molar-refractivity contribution is -0.140. The first-order valence-electron chi connectivity index (χ1n) is 5.64. The zero-order valence-corrected chi connectivity index (χ0v) is 12.1. The number of hydrogen-bond acceptors (Lipinski definition) is 1. The summed E-state index contributed by atoms with van der Waals surface area (Å²) in [5.74, 6) is 0. The first-order valence-corrected chi connectivity index (χ1v) is 6.43. The van der Waals surface area contributed by atoms with Crippen molar-refractivity contribution in [2.45, 2.75) is 45.9 Å². The van der Waals surface area contributed by atoms with Gasteiger partial charge in [-0.15, -0.1) is 0 Å². The molecule has 1 rings (SSSR count). The molecule has 0 saturated heterocycles. The van der Waals surface area contributed by atoms with Gasteiger partial charge >= 0.3 is 6.18 Å². The maximum Gasteiger partial charge on any atom is 0.389 e. The van der Waals surface area contributed by atoms with Gasteiger partial charge in [-0.05, 0) is 49.4 Å². The van der Waals surface area contributed by atoms with Gasteiger partial charge in [0.1, 0.15) is 0 Å². The fourth-order valence-corrected chi connectivity index (χ4v) is 2.46. The van der Waals surface area contributed by atoms with Crippen molar-refractivity contribution < 1.29 is 18.3 Å². The van der Waals surface area contributed by atoms with E-state index in [4.69, 9.17) is 0 Å². The minimum absolute atomic E-state index is 0.305. The number of aliphatic hydroxyl groups excluding tert-OH is 1. The van der Waals surface area contributed by atoms with Gasteiger partial charge in [-0.25, -0.2) is 0 Å². The van der Waals surface area contributed by atoms with Crippen molar-refractivity contribution in [3.63, 3.8) is 0 Å². The Balaban J connectivity index is 2.99. The first-order chi connectivity index (χ1) is 8.13. The Morgan fingerprint density at radius 3 is 2.28 bits per heavy atom. The summed E-state index contributed by atoms with van der Waals surface area (Å²) in [7, 11) is 0. The lowest BCUT2D eigenvalue weighted by Crippen LogP contribution is -2.12. The Labute approximate surface area is 113 Å². The van der Waals surface area contributed by atoms with E-state index < -0.39 is 18.7 Å². The number of benzene rings is 1. The van der Waals surface area contributed by atoms with Crippen molar-refractivity contribution in [1.29, 1.82) is 0 Å². The molecule has 0 radical (unpaired) electrons. The molecule has 0 heterocycles. The van der Waals surface area contributed by atoms with Gasteiger partial charge in [-0.1, -0.05) is 22.0 Å². The Morgan fingerprint density at radius 1 is 1.22 bits per heavy atom. The fourth-order valence-electron chi connectivity index (χ4n) is 2.13. The van der Waals surface area contributed by atoms with Gasteiger partial charge < -0.3 is 5.11 Å². The topological polar surface area (TPSA) is 20.2 Å². The average Bonchev–Trinajstić information content (AvgIpc) is 2.22. The highest BCUT2D eigenvalue weighted by Gasteiger charge is 2.29. The summed E-state index contributed by atoms with van der Waals surface area (Å²) in [6.07, 6.45) is -6.59. The lowest BCUT2D eigenvalue weighted by atomic mass is 9.93. The minimum Gasteiger partial charge on any atom is -0.388 e. The van der Waals surface area contributed by atoms with Crippen molar-refractivity contribution in [3.8, 4) is 0 Å². The van der Waals surface area contributed by atoms with E-state index in [2.05, 4.69) is 15.9 Å². The largest absolute Gasteiger partial charge is 0.389 e. The van der Waals surface area contributed by atoms with Gasteiger partial charge in [0, 0.05) is 10.9 Å². The van der Waals surface area contributed by atoms with Crippen molar-refractivity contribution in [2.24, 2.45) is 0 Å². The number of aliphatic hydroxyl groups is 1. The number of hydrogen-bond donors (Lipinski definition) is 1. The predicted molar refractivity (Wildman–Crippen MR) is 68.6 cm³/mol. The minimum atomic E-state index is -4.23. The van der Waals surface area contributed by atoms with Crippen LogP contribution < -0.4 is 0 Å². The average molecular weight is 325 g/mol. The van der Waals surface area contributed by atoms with Gasteiger partial charge in [0.25, 0.3) is 0 Å². The van der Waals surface area contributed by atoms with Crippen LogP contribution in [0.4, 0.5) is 13.2 Å². The number of aryl methyl sites for hydroxylation is 2. The predicted octanol–water partition coefficient (Wildman–Crippen LogP) is 4.75. The molecule has 102 valence electrons. The number of halogens is 4. The molecule has 0 aliphatic rings. The molecule has 0 spiro atoms. The fraction of sp³-hybridized carbons (Fsp3) is 0.538. The first kappa shape index (κ1) is 15.5. The van der Waals surface area contributed by atoms with Gasteiger partial charge in [-0.3, -0.25) is 0 Å². The molecule has 0 aromatic heterocycles. The van der Waals surface area contributed by atoms with Gasteiger partial charge in [-0.2, -0.15) is 13.2 Å². The second kappa shape index (κ2) is 5.61. The summed E-state index contributed by atoms with van der Waals surface area (Å²) in [4.78, 5) is 0. The molecule has 0 saturated carbocycles. The van der Waals surface area contributed by atoms with E-state index in [1.807, 2.05) is 13.0 Å². The molecule has 0 aliphatic carbocycles. The number of alkyl halides is 3. The van der Waals surface area contributed by atoms with Crippen LogP contribution in [-0.4, -0.2) is 11.3 Å². The van der Waals surface area contributed by atoms with Crippen LogP contribution >= 0.6 is 15.9 Å². The molecule has 1 atom stereocenters. The second-order valence-corrected chi connectivity index (χ2v) is 5.33. The molecule has 1 unspecified atom stereocenters. The summed E-state index contributed by atoms with van der Waals surface area (Å²) >= 11 is 3.39. The molecule has 0 bridgehead atoms. The quantitative estimate of drug-likeness (QED) is 0.850. The standard InChI is InChI=1S/C13H16BrF3O/c1-7-6-8(2)12(14)9(3)11(7)10(18)4-5-13(15,16)17/h6,10,18H,4-5H2,1-3H3. The van der Waals surface area contributed by atoms with E-state index in [0.717, 1.165) is 21.2 Å². The van der Waals surface area contributed by atoms with E-state index >= 15 is 0 Å². The molecule has 0 aliphatic heterocycles. The van der Waals surface area contributed by atoms with Crippen LogP contribution in [0, 0.1) is 20.8 Å². The van der Waals surface area contributed by atoms with Crippen LogP contribution in [0.25, 0.3) is 0 Å². The maximum atomic E-state index is 12.2. The summed E-state index contributed by atoms with van der Waals surface area (Å²) in [5.41, 5.74) is 3.23.